The normalized spacial score (nSPS) is 16.0. The molecular weight excluding hydrogens is 338 g/mol. The van der Waals surface area contributed by atoms with Crippen LogP contribution in [-0.4, -0.2) is 36.1 Å². The number of halogens is 1. The number of fused-ring (bicyclic) bond motifs is 1. The maximum Gasteiger partial charge on any atom is 0.186 e. The van der Waals surface area contributed by atoms with Crippen LogP contribution in [-0.2, 0) is 6.54 Å². The van der Waals surface area contributed by atoms with Crippen molar-refractivity contribution in [2.75, 3.05) is 31.1 Å². The summed E-state index contributed by atoms with van der Waals surface area (Å²) in [6.45, 7) is 7.29. The molecule has 0 radical (unpaired) electrons. The average Bonchev–Trinajstić information content (AvgIpc) is 3.07. The Kier molecular flexibility index (Phi) is 4.44. The molecule has 1 aliphatic rings. The molecular formula is C19H20ClN3S. The monoisotopic (exact) mass is 357 g/mol. The number of aromatic nitrogens is 1. The number of nitrogens with zero attached hydrogens (tertiary/aromatic N) is 3. The van der Waals surface area contributed by atoms with Crippen molar-refractivity contribution in [2.45, 2.75) is 13.5 Å². The maximum atomic E-state index is 6.34. The van der Waals surface area contributed by atoms with Crippen molar-refractivity contribution in [3.8, 4) is 0 Å². The highest BCUT2D eigenvalue weighted by atomic mass is 35.5. The fourth-order valence-electron chi connectivity index (χ4n) is 3.16. The van der Waals surface area contributed by atoms with Gasteiger partial charge in [0.15, 0.2) is 5.13 Å². The number of hydrogen-bond donors (Lipinski definition) is 0. The number of rotatable bonds is 3. The van der Waals surface area contributed by atoms with Gasteiger partial charge in [0.05, 0.1) is 15.2 Å². The molecule has 24 heavy (non-hydrogen) atoms. The van der Waals surface area contributed by atoms with Crippen molar-refractivity contribution in [2.24, 2.45) is 0 Å². The Balaban J connectivity index is 1.46. The number of benzene rings is 2. The van der Waals surface area contributed by atoms with E-state index in [4.69, 9.17) is 16.6 Å². The first-order valence-corrected chi connectivity index (χ1v) is 9.47. The molecule has 1 aromatic heterocycles. The van der Waals surface area contributed by atoms with E-state index in [9.17, 15) is 0 Å². The molecule has 0 amide bonds. The van der Waals surface area contributed by atoms with Gasteiger partial charge in [0.25, 0.3) is 0 Å². The minimum atomic E-state index is 0.807. The average molecular weight is 358 g/mol. The van der Waals surface area contributed by atoms with E-state index in [1.807, 2.05) is 12.1 Å². The molecule has 4 rings (SSSR count). The quantitative estimate of drug-likeness (QED) is 0.684. The van der Waals surface area contributed by atoms with E-state index in [1.165, 1.54) is 11.1 Å². The highest BCUT2D eigenvalue weighted by Gasteiger charge is 2.20. The molecule has 1 saturated heterocycles. The smallest absolute Gasteiger partial charge is 0.186 e. The van der Waals surface area contributed by atoms with Crippen LogP contribution in [0.4, 0.5) is 5.13 Å². The van der Waals surface area contributed by atoms with E-state index >= 15 is 0 Å². The first kappa shape index (κ1) is 15.9. The molecule has 1 aliphatic heterocycles. The fraction of sp³-hybridized carbons (Fsp3) is 0.316. The third kappa shape index (κ3) is 3.14. The molecule has 0 aliphatic carbocycles. The Bertz CT molecular complexity index is 799. The lowest BCUT2D eigenvalue weighted by atomic mass is 10.2. The van der Waals surface area contributed by atoms with Gasteiger partial charge in [-0.3, -0.25) is 4.90 Å². The predicted molar refractivity (Wildman–Crippen MR) is 103 cm³/mol. The van der Waals surface area contributed by atoms with Crippen molar-refractivity contribution < 1.29 is 0 Å². The van der Waals surface area contributed by atoms with Crippen LogP contribution in [0.25, 0.3) is 10.2 Å². The van der Waals surface area contributed by atoms with Crippen LogP contribution >= 0.6 is 22.9 Å². The number of aryl methyl sites for hydroxylation is 1. The lowest BCUT2D eigenvalue weighted by molar-refractivity contribution is 0.250. The zero-order valence-corrected chi connectivity index (χ0v) is 15.3. The standard InChI is InChI=1S/C19H20ClN3S/c1-14-7-8-16(20)18-17(14)21-19(24-18)23-11-9-22(10-12-23)13-15-5-3-2-4-6-15/h2-8H,9-13H2,1H3. The van der Waals surface area contributed by atoms with Gasteiger partial charge in [0.1, 0.15) is 0 Å². The molecule has 0 bridgehead atoms. The number of anilines is 1. The van der Waals surface area contributed by atoms with Crippen molar-refractivity contribution in [1.29, 1.82) is 0 Å². The topological polar surface area (TPSA) is 19.4 Å². The Morgan fingerprint density at radius 2 is 1.79 bits per heavy atom. The third-order valence-electron chi connectivity index (χ3n) is 4.58. The highest BCUT2D eigenvalue weighted by molar-refractivity contribution is 7.22. The molecule has 0 unspecified atom stereocenters. The van der Waals surface area contributed by atoms with Crippen LogP contribution in [0, 0.1) is 6.92 Å². The molecule has 1 fully saturated rings. The van der Waals surface area contributed by atoms with Crippen molar-refractivity contribution in [1.82, 2.24) is 9.88 Å². The summed E-state index contributed by atoms with van der Waals surface area (Å²) >= 11 is 8.05. The van der Waals surface area contributed by atoms with E-state index in [0.29, 0.717) is 0 Å². The zero-order valence-electron chi connectivity index (χ0n) is 13.7. The molecule has 0 atom stereocenters. The third-order valence-corrected chi connectivity index (χ3v) is 6.15. The molecule has 124 valence electrons. The molecule has 3 aromatic rings. The van der Waals surface area contributed by atoms with Gasteiger partial charge in [-0.05, 0) is 24.1 Å². The van der Waals surface area contributed by atoms with Gasteiger partial charge in [-0.15, -0.1) is 0 Å². The van der Waals surface area contributed by atoms with Gasteiger partial charge < -0.3 is 4.90 Å². The Morgan fingerprint density at radius 1 is 1.04 bits per heavy atom. The summed E-state index contributed by atoms with van der Waals surface area (Å²) in [6, 6.07) is 14.7. The van der Waals surface area contributed by atoms with Crippen molar-refractivity contribution in [3.63, 3.8) is 0 Å². The summed E-state index contributed by atoms with van der Waals surface area (Å²) in [6.07, 6.45) is 0. The second kappa shape index (κ2) is 6.71. The molecule has 2 heterocycles. The van der Waals surface area contributed by atoms with Crippen LogP contribution in [0.3, 0.4) is 0 Å². The van der Waals surface area contributed by atoms with Crippen LogP contribution in [0.1, 0.15) is 11.1 Å². The SMILES string of the molecule is Cc1ccc(Cl)c2sc(N3CCN(Cc4ccccc4)CC3)nc12. The van der Waals surface area contributed by atoms with Crippen molar-refractivity contribution >= 4 is 38.3 Å². The number of hydrogen-bond acceptors (Lipinski definition) is 4. The minimum Gasteiger partial charge on any atom is -0.345 e. The van der Waals surface area contributed by atoms with Gasteiger partial charge >= 0.3 is 0 Å². The summed E-state index contributed by atoms with van der Waals surface area (Å²) in [7, 11) is 0. The zero-order chi connectivity index (χ0) is 16.5. The van der Waals surface area contributed by atoms with Gasteiger partial charge in [-0.1, -0.05) is 59.3 Å². The Hall–Kier alpha value is -1.62. The van der Waals surface area contributed by atoms with E-state index in [0.717, 1.165) is 53.1 Å². The Morgan fingerprint density at radius 3 is 2.50 bits per heavy atom. The van der Waals surface area contributed by atoms with Crippen molar-refractivity contribution in [3.05, 3.63) is 58.6 Å². The largest absolute Gasteiger partial charge is 0.345 e. The van der Waals surface area contributed by atoms with E-state index in [1.54, 1.807) is 11.3 Å². The van der Waals surface area contributed by atoms with Gasteiger partial charge in [0.2, 0.25) is 0 Å². The van der Waals surface area contributed by atoms with Crippen LogP contribution in [0.5, 0.6) is 0 Å². The second-order valence-corrected chi connectivity index (χ2v) is 7.67. The predicted octanol–water partition coefficient (Wildman–Crippen LogP) is 4.58. The van der Waals surface area contributed by atoms with Crippen LogP contribution in [0.15, 0.2) is 42.5 Å². The lowest BCUT2D eigenvalue weighted by Crippen LogP contribution is -2.45. The maximum absolute atomic E-state index is 6.34. The van der Waals surface area contributed by atoms with Gasteiger partial charge in [-0.2, -0.15) is 0 Å². The summed E-state index contributed by atoms with van der Waals surface area (Å²) in [5.41, 5.74) is 3.63. The van der Waals surface area contributed by atoms with Crippen LogP contribution < -0.4 is 4.90 Å². The summed E-state index contributed by atoms with van der Waals surface area (Å²) < 4.78 is 1.11. The first-order chi connectivity index (χ1) is 11.7. The van der Waals surface area contributed by atoms with Gasteiger partial charge in [0, 0.05) is 32.7 Å². The second-order valence-electron chi connectivity index (χ2n) is 6.29. The molecule has 0 spiro atoms. The Labute approximate surface area is 151 Å². The fourth-order valence-corrected chi connectivity index (χ4v) is 4.53. The molecule has 0 saturated carbocycles. The van der Waals surface area contributed by atoms with E-state index in [-0.39, 0.29) is 0 Å². The molecule has 5 heteroatoms. The van der Waals surface area contributed by atoms with Gasteiger partial charge in [-0.25, -0.2) is 4.98 Å². The summed E-state index contributed by atoms with van der Waals surface area (Å²) in [5, 5.41) is 1.91. The first-order valence-electron chi connectivity index (χ1n) is 8.27. The van der Waals surface area contributed by atoms with Crippen LogP contribution in [0.2, 0.25) is 5.02 Å². The number of piperazine rings is 1. The molecule has 3 nitrogen and oxygen atoms in total. The minimum absolute atomic E-state index is 0.807. The molecule has 0 N–H and O–H groups in total. The van der Waals surface area contributed by atoms with E-state index < -0.39 is 0 Å². The summed E-state index contributed by atoms with van der Waals surface area (Å²) in [4.78, 5) is 9.75. The highest BCUT2D eigenvalue weighted by Crippen LogP contribution is 2.35. The van der Waals surface area contributed by atoms with E-state index in [2.05, 4.69) is 47.1 Å². The molecule has 2 aromatic carbocycles. The lowest BCUT2D eigenvalue weighted by Gasteiger charge is -2.34. The summed E-state index contributed by atoms with van der Waals surface area (Å²) in [5.74, 6) is 0. The number of thiazole rings is 1.